The zero-order chi connectivity index (χ0) is 43.9. The molecule has 1 unspecified atom stereocenters. The fraction of sp³-hybridized carbons (Fsp3) is 0.725. The monoisotopic (exact) mass is 839 g/mol. The molecular weight excluding hydrogens is 782 g/mol. The number of Topliss-reactive ketones (excluding diaryl/α,β-unsaturated/α-hetero) is 5. The summed E-state index contributed by atoms with van der Waals surface area (Å²) in [5, 5.41) is 69.4. The van der Waals surface area contributed by atoms with E-state index in [2.05, 4.69) is 4.98 Å². The summed E-state index contributed by atoms with van der Waals surface area (Å²) in [5.74, 6) is -7.33. The number of epoxide rings is 1. The molecule has 3 fully saturated rings. The molecule has 18 heteroatoms. The molecule has 1 aromatic rings. The number of nitrogens with zero attached hydrogens (tertiary/aromatic N) is 1. The molecule has 4 heterocycles. The first-order chi connectivity index (χ1) is 26.8. The van der Waals surface area contributed by atoms with Crippen molar-refractivity contribution in [1.29, 1.82) is 0 Å². The normalized spacial score (nSPS) is 38.3. The zero-order valence-electron chi connectivity index (χ0n) is 34.3. The maximum atomic E-state index is 13.4. The summed E-state index contributed by atoms with van der Waals surface area (Å²) in [4.78, 5) is 82.3. The molecule has 0 spiro atoms. The van der Waals surface area contributed by atoms with Crippen molar-refractivity contribution in [2.24, 2.45) is 17.3 Å². The van der Waals surface area contributed by atoms with Gasteiger partial charge in [0.2, 0.25) is 11.2 Å². The van der Waals surface area contributed by atoms with Crippen molar-refractivity contribution in [1.82, 2.24) is 4.98 Å². The van der Waals surface area contributed by atoms with Crippen LogP contribution in [-0.4, -0.2) is 136 Å². The standard InChI is InChI=1S/C40H57NO16S/c1-18-11-10-12-26-28(55-26)14-27(56-31(47)15-29(46)37(8,9)34(50)20(3)32(18)48)19(2)13-25-17-58-30(41-25)16-54-36-39(52,23(6)44)40(53,24(7)45)38(51,22(5)43)35(57-36)33(49)21(4)42/h13,17-18,20,26-29,32-33,35-36,46,48-49,51-53H,10-12,14-16H2,1-9H3/b19-13+/t18-,20+,26+,27-,28-,29-,32-,33?,35+,36+,38+,39-,40-/m0/s1. The molecule has 0 radical (unpaired) electrons. The van der Waals surface area contributed by atoms with Crippen LogP contribution >= 0.6 is 11.3 Å². The maximum absolute atomic E-state index is 13.4. The number of carbonyl (C=O) groups is 6. The summed E-state index contributed by atoms with van der Waals surface area (Å²) >= 11 is 1.04. The van der Waals surface area contributed by atoms with Crippen molar-refractivity contribution in [2.45, 2.75) is 167 Å². The van der Waals surface area contributed by atoms with Crippen LogP contribution in [0.5, 0.6) is 0 Å². The van der Waals surface area contributed by atoms with E-state index >= 15 is 0 Å². The summed E-state index contributed by atoms with van der Waals surface area (Å²) in [6.45, 7) is 10.8. The molecule has 0 saturated carbocycles. The van der Waals surface area contributed by atoms with E-state index in [1.807, 2.05) is 6.92 Å². The third-order valence-corrected chi connectivity index (χ3v) is 13.0. The van der Waals surface area contributed by atoms with Crippen molar-refractivity contribution in [3.8, 4) is 0 Å². The number of aliphatic hydroxyl groups is 6. The van der Waals surface area contributed by atoms with Crippen LogP contribution in [0.2, 0.25) is 0 Å². The summed E-state index contributed by atoms with van der Waals surface area (Å²) in [6, 6.07) is 0. The number of aromatic nitrogens is 1. The van der Waals surface area contributed by atoms with E-state index in [0.29, 0.717) is 31.0 Å². The highest BCUT2D eigenvalue weighted by molar-refractivity contribution is 7.09. The highest BCUT2D eigenvalue weighted by Crippen LogP contribution is 2.48. The molecule has 3 aliphatic heterocycles. The topological polar surface area (TPSA) is 277 Å². The van der Waals surface area contributed by atoms with Gasteiger partial charge in [-0.15, -0.1) is 11.3 Å². The molecule has 324 valence electrons. The molecule has 4 rings (SSSR count). The number of hydrogen-bond acceptors (Lipinski definition) is 18. The molecule has 3 saturated heterocycles. The van der Waals surface area contributed by atoms with Gasteiger partial charge >= 0.3 is 5.97 Å². The third kappa shape index (κ3) is 8.82. The summed E-state index contributed by atoms with van der Waals surface area (Å²) < 4.78 is 23.0. The number of aliphatic hydroxyl groups excluding tert-OH is 3. The van der Waals surface area contributed by atoms with E-state index in [0.717, 1.165) is 38.5 Å². The number of rotatable bonds is 10. The second kappa shape index (κ2) is 17.8. The number of carbonyl (C=O) groups excluding carboxylic acids is 6. The van der Waals surface area contributed by atoms with Crippen LogP contribution in [0.3, 0.4) is 0 Å². The van der Waals surface area contributed by atoms with Gasteiger partial charge < -0.3 is 49.6 Å². The van der Waals surface area contributed by atoms with Crippen molar-refractivity contribution >= 4 is 52.3 Å². The third-order valence-electron chi connectivity index (χ3n) is 12.1. The minimum Gasteiger partial charge on any atom is -0.458 e. The van der Waals surface area contributed by atoms with Crippen molar-refractivity contribution in [3.05, 3.63) is 21.7 Å². The van der Waals surface area contributed by atoms with Gasteiger partial charge in [-0.25, -0.2) is 4.98 Å². The van der Waals surface area contributed by atoms with Crippen LogP contribution in [0.15, 0.2) is 11.0 Å². The molecule has 58 heavy (non-hydrogen) atoms. The largest absolute Gasteiger partial charge is 0.458 e. The average Bonchev–Trinajstić information content (AvgIpc) is 3.73. The Morgan fingerprint density at radius 1 is 0.948 bits per heavy atom. The highest BCUT2D eigenvalue weighted by atomic mass is 32.1. The molecule has 3 aliphatic rings. The molecule has 13 atom stereocenters. The zero-order valence-corrected chi connectivity index (χ0v) is 35.1. The Balaban J connectivity index is 1.59. The van der Waals surface area contributed by atoms with Crippen LogP contribution in [-0.2, 0) is 54.3 Å². The average molecular weight is 840 g/mol. The van der Waals surface area contributed by atoms with Gasteiger partial charge in [0.15, 0.2) is 35.0 Å². The fourth-order valence-electron chi connectivity index (χ4n) is 8.03. The number of ketones is 5. The highest BCUT2D eigenvalue weighted by Gasteiger charge is 2.79. The number of esters is 1. The lowest BCUT2D eigenvalue weighted by Crippen LogP contribution is -2.87. The van der Waals surface area contributed by atoms with Crippen LogP contribution in [0, 0.1) is 17.3 Å². The molecule has 1 aromatic heterocycles. The van der Waals surface area contributed by atoms with Crippen LogP contribution in [0.4, 0.5) is 0 Å². The maximum Gasteiger partial charge on any atom is 0.309 e. The first kappa shape index (κ1) is 47.5. The Labute approximate surface area is 340 Å². The van der Waals surface area contributed by atoms with E-state index in [-0.39, 0.29) is 35.3 Å². The summed E-state index contributed by atoms with van der Waals surface area (Å²) in [6.07, 6.45) is -6.97. The van der Waals surface area contributed by atoms with Crippen LogP contribution < -0.4 is 0 Å². The minimum atomic E-state index is -3.65. The van der Waals surface area contributed by atoms with E-state index in [9.17, 15) is 59.4 Å². The van der Waals surface area contributed by atoms with E-state index in [1.165, 1.54) is 13.8 Å². The van der Waals surface area contributed by atoms with E-state index in [1.54, 1.807) is 25.3 Å². The van der Waals surface area contributed by atoms with Crippen molar-refractivity contribution in [3.63, 3.8) is 0 Å². The SMILES string of the molecule is CC(=O)C(O)[C@H]1O[C@@H](OCc2nc(/C=C(\C)[C@@H]3C[C@@H]4O[C@@H]4CCC[C@H](C)[C@H](O)[C@@H](C)C(=O)C(C)(C)[C@@H](O)CC(=O)O3)cs2)[C@@](O)(C(C)=O)[C@](O)(C(C)=O)[C@@]1(O)C(C)=O. The molecular formula is C40H57NO16S. The number of ether oxygens (including phenoxy) is 4. The lowest BCUT2D eigenvalue weighted by molar-refractivity contribution is -0.374. The summed E-state index contributed by atoms with van der Waals surface area (Å²) in [5.41, 5.74) is -11.0. The first-order valence-corrected chi connectivity index (χ1v) is 20.2. The van der Waals surface area contributed by atoms with Crippen molar-refractivity contribution in [2.75, 3.05) is 0 Å². The predicted molar refractivity (Wildman–Crippen MR) is 204 cm³/mol. The predicted octanol–water partition coefficient (Wildman–Crippen LogP) is 0.931. The Morgan fingerprint density at radius 2 is 1.57 bits per heavy atom. The lowest BCUT2D eigenvalue weighted by Gasteiger charge is -2.57. The number of cyclic esters (lactones) is 1. The van der Waals surface area contributed by atoms with Gasteiger partial charge in [0, 0.05) is 17.7 Å². The molecule has 6 N–H and O–H groups in total. The quantitative estimate of drug-likeness (QED) is 0.141. The Morgan fingerprint density at radius 3 is 2.14 bits per heavy atom. The van der Waals surface area contributed by atoms with Gasteiger partial charge in [-0.05, 0) is 65.0 Å². The second-order valence-electron chi connectivity index (χ2n) is 16.6. The number of thiazole rings is 1. The fourth-order valence-corrected chi connectivity index (χ4v) is 8.70. The summed E-state index contributed by atoms with van der Waals surface area (Å²) in [7, 11) is 0. The Hall–Kier alpha value is -3.17. The molecule has 17 nitrogen and oxygen atoms in total. The smallest absolute Gasteiger partial charge is 0.309 e. The Bertz CT molecular complexity index is 1790. The minimum absolute atomic E-state index is 0.100. The van der Waals surface area contributed by atoms with Crippen LogP contribution in [0.1, 0.15) is 105 Å². The molecule has 0 aliphatic carbocycles. The van der Waals surface area contributed by atoms with Gasteiger partial charge in [0.1, 0.15) is 35.7 Å². The van der Waals surface area contributed by atoms with E-state index < -0.39 is 107 Å². The van der Waals surface area contributed by atoms with Gasteiger partial charge in [-0.1, -0.05) is 34.1 Å². The number of fused-ring (bicyclic) bond motifs is 1. The van der Waals surface area contributed by atoms with Crippen LogP contribution in [0.25, 0.3) is 6.08 Å². The van der Waals surface area contributed by atoms with E-state index in [4.69, 9.17) is 18.9 Å². The molecule has 0 amide bonds. The molecule has 0 aromatic carbocycles. The molecule has 0 bridgehead atoms. The first-order valence-electron chi connectivity index (χ1n) is 19.3. The van der Waals surface area contributed by atoms with Crippen molar-refractivity contribution < 1.29 is 78.4 Å². The van der Waals surface area contributed by atoms with Gasteiger partial charge in [-0.2, -0.15) is 0 Å². The van der Waals surface area contributed by atoms with Gasteiger partial charge in [0.25, 0.3) is 0 Å². The van der Waals surface area contributed by atoms with Gasteiger partial charge in [0.05, 0.1) is 41.9 Å². The lowest BCUT2D eigenvalue weighted by atomic mass is 9.60. The number of hydrogen-bond donors (Lipinski definition) is 6. The second-order valence-corrected chi connectivity index (χ2v) is 17.6. The Kier molecular flexibility index (Phi) is 14.6. The van der Waals surface area contributed by atoms with Gasteiger partial charge in [-0.3, -0.25) is 28.8 Å².